The van der Waals surface area contributed by atoms with Crippen LogP contribution in [0.25, 0.3) is 0 Å². The number of hydrogen-bond donors (Lipinski definition) is 4. The summed E-state index contributed by atoms with van der Waals surface area (Å²) in [6.07, 6.45) is 7.42. The summed E-state index contributed by atoms with van der Waals surface area (Å²) in [7, 11) is 0. The Bertz CT molecular complexity index is 866. The lowest BCUT2D eigenvalue weighted by Crippen LogP contribution is -2.47. The fourth-order valence-electron chi connectivity index (χ4n) is 4.13. The molecule has 1 aromatic carbocycles. The van der Waals surface area contributed by atoms with Gasteiger partial charge in [-0.2, -0.15) is 0 Å². The summed E-state index contributed by atoms with van der Waals surface area (Å²) < 4.78 is 0. The molecule has 30 heavy (non-hydrogen) atoms. The molecule has 0 saturated heterocycles. The van der Waals surface area contributed by atoms with Crippen LogP contribution in [0.2, 0.25) is 0 Å². The fraction of sp³-hybridized carbons (Fsp3) is 0.455. The van der Waals surface area contributed by atoms with E-state index in [0.717, 1.165) is 12.8 Å². The number of nitrogens with two attached hydrogens (primary N) is 1. The standard InChI is InChI=1S/C22H29N5O3/c1-14-8-9-15(11-14)12-26-22(30)18-7-4-10-27(18)19(28)13-25-17-6-3-2-5-16(17)20(23)21(24)29/h2-6,10,14-15,18,23,25H,7-9,11-13H2,1H3,(H2,24,29)(H,26,30)/t14?,15?,18-/m0/s1. The molecule has 1 aliphatic heterocycles. The predicted octanol–water partition coefficient (Wildman–Crippen LogP) is 1.62. The van der Waals surface area contributed by atoms with Gasteiger partial charge in [0.25, 0.3) is 5.91 Å². The molecule has 2 aliphatic rings. The molecular weight excluding hydrogens is 382 g/mol. The first-order chi connectivity index (χ1) is 14.4. The summed E-state index contributed by atoms with van der Waals surface area (Å²) in [5.74, 6) is -0.0154. The number of carbonyl (C=O) groups excluding carboxylic acids is 3. The maximum atomic E-state index is 12.7. The van der Waals surface area contributed by atoms with Crippen LogP contribution in [0.15, 0.2) is 36.5 Å². The fourth-order valence-corrected chi connectivity index (χ4v) is 4.13. The Balaban J connectivity index is 1.56. The van der Waals surface area contributed by atoms with Gasteiger partial charge < -0.3 is 21.3 Å². The minimum Gasteiger partial charge on any atom is -0.376 e. The molecule has 1 aromatic rings. The highest BCUT2D eigenvalue weighted by Crippen LogP contribution is 2.29. The van der Waals surface area contributed by atoms with E-state index in [1.807, 2.05) is 6.08 Å². The zero-order chi connectivity index (χ0) is 21.7. The summed E-state index contributed by atoms with van der Waals surface area (Å²) in [4.78, 5) is 38.2. The minimum absolute atomic E-state index is 0.0721. The van der Waals surface area contributed by atoms with Crippen LogP contribution >= 0.6 is 0 Å². The highest BCUT2D eigenvalue weighted by molar-refractivity contribution is 6.44. The van der Waals surface area contributed by atoms with E-state index in [2.05, 4.69) is 17.6 Å². The normalized spacial score (nSPS) is 22.7. The molecule has 0 bridgehead atoms. The van der Waals surface area contributed by atoms with Crippen LogP contribution in [0.4, 0.5) is 5.69 Å². The van der Waals surface area contributed by atoms with E-state index in [1.165, 1.54) is 11.3 Å². The van der Waals surface area contributed by atoms with Gasteiger partial charge in [-0.05, 0) is 37.2 Å². The third kappa shape index (κ3) is 5.06. The summed E-state index contributed by atoms with van der Waals surface area (Å²) in [6.45, 7) is 2.82. The van der Waals surface area contributed by atoms with Gasteiger partial charge in [0.05, 0.1) is 6.54 Å². The number of benzene rings is 1. The number of amides is 3. The number of primary amides is 1. The molecule has 2 unspecified atom stereocenters. The average Bonchev–Trinajstić information content (AvgIpc) is 3.39. The van der Waals surface area contributed by atoms with Crippen molar-refractivity contribution in [3.8, 4) is 0 Å². The molecule has 1 heterocycles. The van der Waals surface area contributed by atoms with Crippen molar-refractivity contribution in [1.29, 1.82) is 5.41 Å². The molecule has 0 spiro atoms. The molecule has 0 aromatic heterocycles. The number of nitrogens with one attached hydrogen (secondary N) is 3. The van der Waals surface area contributed by atoms with Crippen molar-refractivity contribution in [3.05, 3.63) is 42.1 Å². The monoisotopic (exact) mass is 411 g/mol. The van der Waals surface area contributed by atoms with E-state index >= 15 is 0 Å². The van der Waals surface area contributed by atoms with Gasteiger partial charge in [0.2, 0.25) is 11.8 Å². The van der Waals surface area contributed by atoms with Crippen LogP contribution < -0.4 is 16.4 Å². The van der Waals surface area contributed by atoms with Crippen LogP contribution in [0.5, 0.6) is 0 Å². The van der Waals surface area contributed by atoms with Gasteiger partial charge in [0, 0.05) is 24.0 Å². The van der Waals surface area contributed by atoms with Crippen molar-refractivity contribution in [2.75, 3.05) is 18.4 Å². The molecule has 1 saturated carbocycles. The van der Waals surface area contributed by atoms with Gasteiger partial charge in [0.15, 0.2) is 0 Å². The van der Waals surface area contributed by atoms with E-state index in [1.54, 1.807) is 30.5 Å². The van der Waals surface area contributed by atoms with Gasteiger partial charge in [-0.1, -0.05) is 37.6 Å². The maximum Gasteiger partial charge on any atom is 0.267 e. The lowest BCUT2D eigenvalue weighted by atomic mass is 10.1. The van der Waals surface area contributed by atoms with Crippen molar-refractivity contribution < 1.29 is 14.4 Å². The second-order valence-corrected chi connectivity index (χ2v) is 8.11. The van der Waals surface area contributed by atoms with Gasteiger partial charge in [-0.3, -0.25) is 19.8 Å². The summed E-state index contributed by atoms with van der Waals surface area (Å²) in [5.41, 5.74) is 5.67. The van der Waals surface area contributed by atoms with Crippen molar-refractivity contribution in [3.63, 3.8) is 0 Å². The summed E-state index contributed by atoms with van der Waals surface area (Å²) in [6, 6.07) is 6.15. The Morgan fingerprint density at radius 3 is 2.70 bits per heavy atom. The van der Waals surface area contributed by atoms with Crippen LogP contribution in [0, 0.1) is 17.2 Å². The molecule has 8 nitrogen and oxygen atoms in total. The van der Waals surface area contributed by atoms with E-state index < -0.39 is 11.9 Å². The van der Waals surface area contributed by atoms with E-state index in [9.17, 15) is 14.4 Å². The molecule has 8 heteroatoms. The van der Waals surface area contributed by atoms with Crippen LogP contribution in [0.1, 0.15) is 38.2 Å². The Hall–Kier alpha value is -3.16. The lowest BCUT2D eigenvalue weighted by molar-refractivity contribution is -0.135. The van der Waals surface area contributed by atoms with Crippen LogP contribution in [-0.2, 0) is 14.4 Å². The number of carbonyl (C=O) groups is 3. The van der Waals surface area contributed by atoms with Gasteiger partial charge in [0.1, 0.15) is 11.8 Å². The third-order valence-corrected chi connectivity index (χ3v) is 5.79. The van der Waals surface area contributed by atoms with Crippen molar-refractivity contribution >= 4 is 29.1 Å². The Morgan fingerprint density at radius 1 is 1.23 bits per heavy atom. The Kier molecular flexibility index (Phi) is 6.87. The second kappa shape index (κ2) is 9.56. The highest BCUT2D eigenvalue weighted by atomic mass is 16.2. The van der Waals surface area contributed by atoms with Crippen molar-refractivity contribution in [2.45, 2.75) is 38.6 Å². The molecule has 1 aliphatic carbocycles. The molecule has 160 valence electrons. The van der Waals surface area contributed by atoms with E-state index in [-0.39, 0.29) is 24.1 Å². The van der Waals surface area contributed by atoms with Crippen molar-refractivity contribution in [2.24, 2.45) is 17.6 Å². The van der Waals surface area contributed by atoms with Gasteiger partial charge in [-0.25, -0.2) is 0 Å². The summed E-state index contributed by atoms with van der Waals surface area (Å²) in [5, 5.41) is 13.8. The van der Waals surface area contributed by atoms with Gasteiger partial charge >= 0.3 is 0 Å². The van der Waals surface area contributed by atoms with E-state index in [4.69, 9.17) is 11.1 Å². The quantitative estimate of drug-likeness (QED) is 0.485. The first-order valence-electron chi connectivity index (χ1n) is 10.3. The molecule has 1 fully saturated rings. The first kappa shape index (κ1) is 21.5. The predicted molar refractivity (Wildman–Crippen MR) is 115 cm³/mol. The molecular formula is C22H29N5O3. The number of para-hydroxylation sites is 1. The number of nitrogens with zero attached hydrogens (tertiary/aromatic N) is 1. The van der Waals surface area contributed by atoms with Gasteiger partial charge in [-0.15, -0.1) is 0 Å². The largest absolute Gasteiger partial charge is 0.376 e. The lowest BCUT2D eigenvalue weighted by Gasteiger charge is -2.24. The molecule has 0 radical (unpaired) electrons. The zero-order valence-corrected chi connectivity index (χ0v) is 17.2. The van der Waals surface area contributed by atoms with Crippen LogP contribution in [-0.4, -0.2) is 47.5 Å². The molecule has 5 N–H and O–H groups in total. The smallest absolute Gasteiger partial charge is 0.267 e. The SMILES string of the molecule is CC1CCC(CNC(=O)[C@@H]2CC=CN2C(=O)CNc2ccccc2C(=N)C(N)=O)C1. The third-order valence-electron chi connectivity index (χ3n) is 5.79. The Morgan fingerprint density at radius 2 is 2.00 bits per heavy atom. The van der Waals surface area contributed by atoms with E-state index in [0.29, 0.717) is 36.1 Å². The molecule has 3 amide bonds. The topological polar surface area (TPSA) is 128 Å². The highest BCUT2D eigenvalue weighted by Gasteiger charge is 2.31. The van der Waals surface area contributed by atoms with Crippen LogP contribution in [0.3, 0.4) is 0 Å². The molecule has 3 rings (SSSR count). The first-order valence-corrected chi connectivity index (χ1v) is 10.3. The average molecular weight is 412 g/mol. The number of rotatable bonds is 8. The number of hydrogen-bond acceptors (Lipinski definition) is 5. The van der Waals surface area contributed by atoms with Crippen molar-refractivity contribution in [1.82, 2.24) is 10.2 Å². The number of anilines is 1. The summed E-state index contributed by atoms with van der Waals surface area (Å²) >= 11 is 0. The second-order valence-electron chi connectivity index (χ2n) is 8.11. The Labute approximate surface area is 176 Å². The minimum atomic E-state index is -0.841. The maximum absolute atomic E-state index is 12.7. The zero-order valence-electron chi connectivity index (χ0n) is 17.2. The molecule has 3 atom stereocenters.